The van der Waals surface area contributed by atoms with E-state index in [0.717, 1.165) is 41.8 Å². The van der Waals surface area contributed by atoms with Gasteiger partial charge in [-0.25, -0.2) is 0 Å². The normalized spacial score (nSPS) is 15.5. The van der Waals surface area contributed by atoms with Crippen LogP contribution in [-0.2, 0) is 17.8 Å². The summed E-state index contributed by atoms with van der Waals surface area (Å²) in [6, 6.07) is 2.14. The van der Waals surface area contributed by atoms with Gasteiger partial charge in [0.1, 0.15) is 11.4 Å². The Bertz CT molecular complexity index is 812. The second-order valence-corrected chi connectivity index (χ2v) is 7.20. The molecule has 0 saturated heterocycles. The van der Waals surface area contributed by atoms with Crippen molar-refractivity contribution in [3.8, 4) is 0 Å². The molecule has 1 saturated carbocycles. The molecular formula is C15H19N3O2S2. The van der Waals surface area contributed by atoms with E-state index >= 15 is 0 Å². The number of hydrogen-bond donors (Lipinski definition) is 2. The number of carbonyl (C=O) groups excluding carboxylic acids is 1. The second kappa shape index (κ2) is 6.34. The molecule has 1 fully saturated rings. The van der Waals surface area contributed by atoms with Crippen molar-refractivity contribution in [2.24, 2.45) is 0 Å². The first-order chi connectivity index (χ1) is 10.6. The predicted molar refractivity (Wildman–Crippen MR) is 91.0 cm³/mol. The number of fused-ring (bicyclic) bond motifs is 1. The Morgan fingerprint density at radius 1 is 1.50 bits per heavy atom. The van der Waals surface area contributed by atoms with Gasteiger partial charge in [0, 0.05) is 10.9 Å². The van der Waals surface area contributed by atoms with E-state index in [9.17, 15) is 9.59 Å². The zero-order valence-electron chi connectivity index (χ0n) is 12.5. The highest BCUT2D eigenvalue weighted by Gasteiger charge is 2.18. The summed E-state index contributed by atoms with van der Waals surface area (Å²) in [5.41, 5.74) is -0.184. The van der Waals surface area contributed by atoms with Gasteiger partial charge in [-0.05, 0) is 37.5 Å². The van der Waals surface area contributed by atoms with Crippen LogP contribution in [0.15, 0.2) is 10.9 Å². The van der Waals surface area contributed by atoms with Crippen LogP contribution in [-0.4, -0.2) is 21.5 Å². The van der Waals surface area contributed by atoms with E-state index in [1.807, 2.05) is 13.0 Å². The van der Waals surface area contributed by atoms with Crippen molar-refractivity contribution in [2.75, 3.05) is 0 Å². The van der Waals surface area contributed by atoms with Gasteiger partial charge < -0.3 is 10.3 Å². The molecule has 22 heavy (non-hydrogen) atoms. The van der Waals surface area contributed by atoms with Crippen molar-refractivity contribution in [3.63, 3.8) is 0 Å². The lowest BCUT2D eigenvalue weighted by Gasteiger charge is -2.12. The number of nitrogens with zero attached hydrogens (tertiary/aromatic N) is 1. The molecule has 0 atom stereocenters. The van der Waals surface area contributed by atoms with Gasteiger partial charge in [0.05, 0.1) is 5.39 Å². The van der Waals surface area contributed by atoms with E-state index in [-0.39, 0.29) is 24.1 Å². The molecule has 2 aromatic heterocycles. The lowest BCUT2D eigenvalue weighted by molar-refractivity contribution is -0.122. The third kappa shape index (κ3) is 3.01. The summed E-state index contributed by atoms with van der Waals surface area (Å²) in [6.07, 6.45) is 5.24. The van der Waals surface area contributed by atoms with Crippen LogP contribution in [0, 0.1) is 4.77 Å². The van der Waals surface area contributed by atoms with Crippen molar-refractivity contribution in [2.45, 2.75) is 51.6 Å². The van der Waals surface area contributed by atoms with Crippen LogP contribution >= 0.6 is 23.6 Å². The van der Waals surface area contributed by atoms with Gasteiger partial charge in [0.25, 0.3) is 5.56 Å². The molecule has 1 amide bonds. The first-order valence-electron chi connectivity index (χ1n) is 7.63. The summed E-state index contributed by atoms with van der Waals surface area (Å²) in [7, 11) is 0. The molecule has 0 unspecified atom stereocenters. The Morgan fingerprint density at radius 3 is 2.91 bits per heavy atom. The minimum atomic E-state index is -0.184. The SMILES string of the molecule is CCc1cc2c(=O)n(CC(=O)NC3CCCC3)c(=S)[nH]c2s1. The Hall–Kier alpha value is -1.47. The number of carbonyl (C=O) groups is 1. The summed E-state index contributed by atoms with van der Waals surface area (Å²) >= 11 is 6.79. The average molecular weight is 337 g/mol. The number of rotatable bonds is 4. The van der Waals surface area contributed by atoms with E-state index < -0.39 is 0 Å². The van der Waals surface area contributed by atoms with Crippen molar-refractivity contribution in [3.05, 3.63) is 26.1 Å². The number of amides is 1. The molecule has 0 bridgehead atoms. The van der Waals surface area contributed by atoms with Crippen LogP contribution in [0.2, 0.25) is 0 Å². The summed E-state index contributed by atoms with van der Waals surface area (Å²) < 4.78 is 1.66. The number of H-pyrrole nitrogens is 1. The van der Waals surface area contributed by atoms with Gasteiger partial charge in [-0.1, -0.05) is 19.8 Å². The zero-order chi connectivity index (χ0) is 15.7. The van der Waals surface area contributed by atoms with E-state index in [4.69, 9.17) is 12.2 Å². The van der Waals surface area contributed by atoms with Gasteiger partial charge in [-0.15, -0.1) is 11.3 Å². The molecule has 2 N–H and O–H groups in total. The third-order valence-electron chi connectivity index (χ3n) is 4.09. The largest absolute Gasteiger partial charge is 0.352 e. The van der Waals surface area contributed by atoms with E-state index in [0.29, 0.717) is 10.2 Å². The molecule has 2 heterocycles. The minimum Gasteiger partial charge on any atom is -0.352 e. The number of hydrogen-bond acceptors (Lipinski definition) is 4. The fourth-order valence-corrected chi connectivity index (χ4v) is 4.20. The predicted octanol–water partition coefficient (Wildman–Crippen LogP) is 2.74. The van der Waals surface area contributed by atoms with E-state index in [1.165, 1.54) is 4.57 Å². The van der Waals surface area contributed by atoms with Crippen LogP contribution in [0.1, 0.15) is 37.5 Å². The molecule has 1 aliphatic rings. The van der Waals surface area contributed by atoms with Crippen LogP contribution in [0.4, 0.5) is 0 Å². The number of nitrogens with one attached hydrogen (secondary N) is 2. The topological polar surface area (TPSA) is 66.9 Å². The Kier molecular flexibility index (Phi) is 4.44. The molecule has 0 spiro atoms. The Morgan fingerprint density at radius 2 is 2.23 bits per heavy atom. The van der Waals surface area contributed by atoms with Crippen molar-refractivity contribution >= 4 is 39.7 Å². The first-order valence-corrected chi connectivity index (χ1v) is 8.86. The van der Waals surface area contributed by atoms with Crippen LogP contribution in [0.25, 0.3) is 10.2 Å². The van der Waals surface area contributed by atoms with Crippen molar-refractivity contribution in [1.82, 2.24) is 14.9 Å². The maximum atomic E-state index is 12.6. The molecular weight excluding hydrogens is 318 g/mol. The van der Waals surface area contributed by atoms with Gasteiger partial charge in [-0.3, -0.25) is 14.2 Å². The van der Waals surface area contributed by atoms with Crippen LogP contribution in [0.3, 0.4) is 0 Å². The second-order valence-electron chi connectivity index (χ2n) is 5.68. The summed E-state index contributed by atoms with van der Waals surface area (Å²) in [6.45, 7) is 2.03. The Balaban J connectivity index is 1.88. The summed E-state index contributed by atoms with van der Waals surface area (Å²) in [4.78, 5) is 29.7. The average Bonchev–Trinajstić information content (AvgIpc) is 3.12. The fourth-order valence-electron chi connectivity index (χ4n) is 2.90. The van der Waals surface area contributed by atoms with Crippen molar-refractivity contribution < 1.29 is 4.79 Å². The van der Waals surface area contributed by atoms with E-state index in [1.54, 1.807) is 11.3 Å². The van der Waals surface area contributed by atoms with Crippen LogP contribution < -0.4 is 10.9 Å². The highest BCUT2D eigenvalue weighted by molar-refractivity contribution is 7.71. The molecule has 3 rings (SSSR count). The number of aromatic nitrogens is 2. The smallest absolute Gasteiger partial charge is 0.263 e. The quantitative estimate of drug-likeness (QED) is 0.843. The molecule has 0 radical (unpaired) electrons. The molecule has 1 aliphatic carbocycles. The summed E-state index contributed by atoms with van der Waals surface area (Å²) in [5.74, 6) is -0.140. The lowest BCUT2D eigenvalue weighted by atomic mass is 10.2. The molecule has 2 aromatic rings. The zero-order valence-corrected chi connectivity index (χ0v) is 14.1. The first kappa shape index (κ1) is 15.4. The monoisotopic (exact) mass is 337 g/mol. The van der Waals surface area contributed by atoms with Crippen LogP contribution in [0.5, 0.6) is 0 Å². The van der Waals surface area contributed by atoms with Gasteiger partial charge >= 0.3 is 0 Å². The standard InChI is InChI=1S/C15H19N3O2S2/c1-2-10-7-11-13(22-10)17-15(21)18(14(11)20)8-12(19)16-9-5-3-4-6-9/h7,9H,2-6,8H2,1H3,(H,16,19)(H,17,21). The van der Waals surface area contributed by atoms with Gasteiger partial charge in [0.2, 0.25) is 5.91 Å². The van der Waals surface area contributed by atoms with Gasteiger partial charge in [-0.2, -0.15) is 0 Å². The number of aryl methyl sites for hydroxylation is 1. The molecule has 0 aromatic carbocycles. The number of aromatic amines is 1. The molecule has 7 heteroatoms. The van der Waals surface area contributed by atoms with Crippen molar-refractivity contribution in [1.29, 1.82) is 0 Å². The third-order valence-corrected chi connectivity index (χ3v) is 5.61. The maximum Gasteiger partial charge on any atom is 0.263 e. The van der Waals surface area contributed by atoms with Gasteiger partial charge in [0.15, 0.2) is 4.77 Å². The minimum absolute atomic E-state index is 0.0160. The lowest BCUT2D eigenvalue weighted by Crippen LogP contribution is -2.37. The number of thiophene rings is 1. The molecule has 0 aliphatic heterocycles. The Labute approximate surface area is 137 Å². The van der Waals surface area contributed by atoms with E-state index in [2.05, 4.69) is 10.3 Å². The maximum absolute atomic E-state index is 12.6. The summed E-state index contributed by atoms with van der Waals surface area (Å²) in [5, 5.41) is 3.60. The highest BCUT2D eigenvalue weighted by Crippen LogP contribution is 2.21. The molecule has 5 nitrogen and oxygen atoms in total. The molecule has 118 valence electrons. The fraction of sp³-hybridized carbons (Fsp3) is 0.533. The highest BCUT2D eigenvalue weighted by atomic mass is 32.1.